The maximum atomic E-state index is 15.2. The fourth-order valence-electron chi connectivity index (χ4n) is 7.12. The van der Waals surface area contributed by atoms with E-state index in [0.29, 0.717) is 12.0 Å². The van der Waals surface area contributed by atoms with Gasteiger partial charge in [-0.05, 0) is 67.0 Å². The highest BCUT2D eigenvalue weighted by Gasteiger charge is 2.70. The van der Waals surface area contributed by atoms with Crippen LogP contribution in [0.2, 0.25) is 0 Å². The lowest BCUT2D eigenvalue weighted by Crippen LogP contribution is -2.63. The van der Waals surface area contributed by atoms with Crippen molar-refractivity contribution in [1.82, 2.24) is 0 Å². The molecule has 3 N–H and O–H groups in total. The minimum atomic E-state index is -1.57. The molecule has 4 nitrogen and oxygen atoms in total. The normalized spacial score (nSPS) is 54.0. The molecule has 0 saturated heterocycles. The zero-order valence-electron chi connectivity index (χ0n) is 15.9. The van der Waals surface area contributed by atoms with E-state index in [2.05, 4.69) is 0 Å². The van der Waals surface area contributed by atoms with Crippen molar-refractivity contribution in [2.75, 3.05) is 0 Å². The van der Waals surface area contributed by atoms with E-state index in [1.165, 1.54) is 12.2 Å². The van der Waals surface area contributed by atoms with Crippen molar-refractivity contribution in [2.45, 2.75) is 57.9 Å². The zero-order chi connectivity index (χ0) is 19.9. The highest BCUT2D eigenvalue weighted by molar-refractivity contribution is 7.80. The predicted octanol–water partition coefficient (Wildman–Crippen LogP) is 3.08. The Morgan fingerprint density at radius 3 is 2.63 bits per heavy atom. The molecule has 0 radical (unpaired) electrons. The summed E-state index contributed by atoms with van der Waals surface area (Å²) in [6.45, 7) is 5.62. The zero-order valence-corrected chi connectivity index (χ0v) is 16.7. The van der Waals surface area contributed by atoms with Crippen LogP contribution in [0.15, 0.2) is 23.8 Å². The maximum Gasteiger partial charge on any atom is 0.190 e. The second-order valence-corrected chi connectivity index (χ2v) is 9.90. The summed E-state index contributed by atoms with van der Waals surface area (Å²) >= 11 is 5.01. The fourth-order valence-corrected chi connectivity index (χ4v) is 7.56. The summed E-state index contributed by atoms with van der Waals surface area (Å²) in [7, 11) is 0. The molecule has 0 bridgehead atoms. The number of ketones is 1. The van der Waals surface area contributed by atoms with Gasteiger partial charge in [-0.1, -0.05) is 26.8 Å². The average Bonchev–Trinajstić information content (AvgIpc) is 2.78. The summed E-state index contributed by atoms with van der Waals surface area (Å²) < 4.78 is 15.2. The van der Waals surface area contributed by atoms with Gasteiger partial charge in [0.05, 0.1) is 6.10 Å². The molecule has 0 spiro atoms. The number of allylic oxidation sites excluding steroid dienone is 4. The number of hydrogen-bond acceptors (Lipinski definition) is 4. The van der Waals surface area contributed by atoms with Gasteiger partial charge in [0.2, 0.25) is 0 Å². The minimum Gasteiger partial charge on any atom is -0.500 e. The molecule has 3 saturated carbocycles. The standard InChI is InChI=1S/C21H27FO4S/c1-10-6-13-12-8-15(22)14-7-11(23)4-5-19(14,2)17(12)16(24)9-20(13,3)21(10,26)18(25)27/h4-5,7,10,12-13,15-17,24,26H,6,8-9H2,1-3H3,(H,25,27)/t10-,12-,13-,15-,16-,17+,19-,20-,21-/m0/s1. The van der Waals surface area contributed by atoms with Gasteiger partial charge in [0.15, 0.2) is 10.8 Å². The molecule has 0 aromatic carbocycles. The number of hydrogen-bond donors (Lipinski definition) is 3. The summed E-state index contributed by atoms with van der Waals surface area (Å²) in [4.78, 5) is 11.8. The molecule has 3 fully saturated rings. The summed E-state index contributed by atoms with van der Waals surface area (Å²) in [6, 6.07) is 0. The highest BCUT2D eigenvalue weighted by atomic mass is 32.1. The fraction of sp³-hybridized carbons (Fsp3) is 0.714. The Hall–Kier alpha value is -1.11. The first kappa shape index (κ1) is 19.2. The molecule has 148 valence electrons. The van der Waals surface area contributed by atoms with Crippen LogP contribution in [0.3, 0.4) is 0 Å². The number of aliphatic hydroxyl groups excluding tert-OH is 2. The minimum absolute atomic E-state index is 0.0707. The Bertz CT molecular complexity index is 778. The first-order chi connectivity index (χ1) is 12.5. The SMILES string of the molecule is C[C@H]1C[C@H]2[C@@H]3C[C@H](F)C4=CC(=O)C=C[C@]4(C)[C@H]3[C@@H](O)C[C@]2(C)[C@@]1(O)C(O)=S. The van der Waals surface area contributed by atoms with Crippen LogP contribution in [-0.2, 0) is 4.79 Å². The monoisotopic (exact) mass is 394 g/mol. The number of aliphatic hydroxyl groups is 3. The van der Waals surface area contributed by atoms with E-state index in [9.17, 15) is 20.1 Å². The second-order valence-electron chi connectivity index (χ2n) is 9.51. The van der Waals surface area contributed by atoms with E-state index in [1.54, 1.807) is 6.08 Å². The van der Waals surface area contributed by atoms with E-state index in [1.807, 2.05) is 20.8 Å². The molecule has 0 aliphatic heterocycles. The molecular formula is C21H27FO4S. The van der Waals surface area contributed by atoms with Crippen LogP contribution >= 0.6 is 12.2 Å². The molecule has 27 heavy (non-hydrogen) atoms. The van der Waals surface area contributed by atoms with Crippen molar-refractivity contribution < 1.29 is 24.5 Å². The van der Waals surface area contributed by atoms with Crippen molar-refractivity contribution in [3.8, 4) is 0 Å². The largest absolute Gasteiger partial charge is 0.500 e. The van der Waals surface area contributed by atoms with E-state index in [4.69, 9.17) is 12.2 Å². The van der Waals surface area contributed by atoms with Gasteiger partial charge in [-0.2, -0.15) is 0 Å². The highest BCUT2D eigenvalue weighted by Crippen LogP contribution is 2.68. The Morgan fingerprint density at radius 2 is 2.00 bits per heavy atom. The third kappa shape index (κ3) is 2.21. The lowest BCUT2D eigenvalue weighted by Gasteiger charge is -2.60. The molecular weight excluding hydrogens is 367 g/mol. The van der Waals surface area contributed by atoms with Gasteiger partial charge < -0.3 is 15.3 Å². The van der Waals surface area contributed by atoms with Crippen molar-refractivity contribution in [2.24, 2.45) is 34.5 Å². The first-order valence-corrected chi connectivity index (χ1v) is 10.1. The molecule has 4 aliphatic carbocycles. The van der Waals surface area contributed by atoms with Crippen LogP contribution in [0.5, 0.6) is 0 Å². The molecule has 0 aromatic rings. The first-order valence-electron chi connectivity index (χ1n) is 9.70. The van der Waals surface area contributed by atoms with Crippen molar-refractivity contribution in [3.63, 3.8) is 0 Å². The van der Waals surface area contributed by atoms with Crippen LogP contribution in [0.1, 0.15) is 40.0 Å². The molecule has 0 unspecified atom stereocenters. The van der Waals surface area contributed by atoms with Gasteiger partial charge in [-0.15, -0.1) is 0 Å². The molecule has 4 aliphatic rings. The number of rotatable bonds is 1. The van der Waals surface area contributed by atoms with Gasteiger partial charge in [-0.3, -0.25) is 4.79 Å². The Kier molecular flexibility index (Phi) is 4.06. The smallest absolute Gasteiger partial charge is 0.190 e. The number of halogens is 1. The molecule has 4 rings (SSSR count). The average molecular weight is 395 g/mol. The molecule has 6 heteroatoms. The summed E-state index contributed by atoms with van der Waals surface area (Å²) in [5.41, 5.74) is -2.65. The number of thiocarbonyl (C=S) groups is 1. The lowest BCUT2D eigenvalue weighted by molar-refractivity contribution is -0.154. The van der Waals surface area contributed by atoms with Crippen LogP contribution in [0.4, 0.5) is 4.39 Å². The summed E-state index contributed by atoms with van der Waals surface area (Å²) in [5, 5.41) is 32.2. The number of carbonyl (C=O) groups is 1. The van der Waals surface area contributed by atoms with Crippen LogP contribution < -0.4 is 0 Å². The third-order valence-electron chi connectivity index (χ3n) is 8.38. The summed E-state index contributed by atoms with van der Waals surface area (Å²) in [6.07, 6.45) is 3.67. The lowest BCUT2D eigenvalue weighted by atomic mass is 9.46. The summed E-state index contributed by atoms with van der Waals surface area (Å²) in [5.74, 6) is -0.964. The molecule has 0 aromatic heterocycles. The van der Waals surface area contributed by atoms with Gasteiger partial charge in [0.1, 0.15) is 11.8 Å². The Morgan fingerprint density at radius 1 is 1.33 bits per heavy atom. The van der Waals surface area contributed by atoms with Crippen molar-refractivity contribution in [1.29, 1.82) is 0 Å². The Labute approximate surface area is 164 Å². The van der Waals surface area contributed by atoms with E-state index >= 15 is 4.39 Å². The van der Waals surface area contributed by atoms with Crippen LogP contribution in [0.25, 0.3) is 0 Å². The van der Waals surface area contributed by atoms with Gasteiger partial charge in [0.25, 0.3) is 0 Å². The second kappa shape index (κ2) is 5.71. The molecule has 0 heterocycles. The van der Waals surface area contributed by atoms with Gasteiger partial charge in [0, 0.05) is 16.7 Å². The predicted molar refractivity (Wildman–Crippen MR) is 103 cm³/mol. The maximum absolute atomic E-state index is 15.2. The van der Waals surface area contributed by atoms with E-state index < -0.39 is 33.8 Å². The van der Waals surface area contributed by atoms with Gasteiger partial charge >= 0.3 is 0 Å². The molecule has 0 amide bonds. The quantitative estimate of drug-likeness (QED) is 0.596. The van der Waals surface area contributed by atoms with Crippen LogP contribution in [-0.4, -0.2) is 44.0 Å². The third-order valence-corrected chi connectivity index (χ3v) is 8.70. The van der Waals surface area contributed by atoms with Crippen molar-refractivity contribution >= 4 is 23.1 Å². The number of alkyl halides is 1. The molecule has 9 atom stereocenters. The van der Waals surface area contributed by atoms with Crippen molar-refractivity contribution in [3.05, 3.63) is 23.8 Å². The number of carbonyl (C=O) groups excluding carboxylic acids is 1. The Balaban J connectivity index is 1.82. The van der Waals surface area contributed by atoms with Gasteiger partial charge in [-0.25, -0.2) is 4.39 Å². The number of fused-ring (bicyclic) bond motifs is 5. The van der Waals surface area contributed by atoms with E-state index in [-0.39, 0.29) is 42.3 Å². The van der Waals surface area contributed by atoms with Crippen LogP contribution in [0, 0.1) is 34.5 Å². The topological polar surface area (TPSA) is 77.8 Å². The van der Waals surface area contributed by atoms with E-state index in [0.717, 1.165) is 0 Å².